The summed E-state index contributed by atoms with van der Waals surface area (Å²) in [6, 6.07) is -0.985. The normalized spacial score (nSPS) is 14.5. The zero-order valence-electron chi connectivity index (χ0n) is 8.49. The van der Waals surface area contributed by atoms with Crippen molar-refractivity contribution in [2.75, 3.05) is 6.61 Å². The van der Waals surface area contributed by atoms with Gasteiger partial charge in [-0.2, -0.15) is 0 Å². The minimum atomic E-state index is -1.12. The van der Waals surface area contributed by atoms with E-state index in [1.807, 2.05) is 6.92 Å². The molecule has 0 bridgehead atoms. The van der Waals surface area contributed by atoms with E-state index in [0.29, 0.717) is 6.42 Å². The molecule has 0 aromatic carbocycles. The third-order valence-electron chi connectivity index (χ3n) is 2.09. The number of hydrogen-bond donors (Lipinski definition) is 3. The fourth-order valence-electron chi connectivity index (χ4n) is 0.886. The standard InChI is InChI=1S/C9H17NO4/c1-3-6(2)8(12)10-7(4-5-11)9(13)14/h6-7,11H,3-5H2,1-2H3,(H,10,12)(H,13,14)/t6?,7-/m1/s1. The second-order valence-corrected chi connectivity index (χ2v) is 3.22. The molecule has 5 nitrogen and oxygen atoms in total. The van der Waals surface area contributed by atoms with Crippen LogP contribution in [0.2, 0.25) is 0 Å². The molecule has 2 atom stereocenters. The second-order valence-electron chi connectivity index (χ2n) is 3.22. The molecular formula is C9H17NO4. The van der Waals surface area contributed by atoms with Gasteiger partial charge in [0.25, 0.3) is 0 Å². The summed E-state index contributed by atoms with van der Waals surface area (Å²) in [7, 11) is 0. The Morgan fingerprint density at radius 2 is 2.00 bits per heavy atom. The van der Waals surface area contributed by atoms with Gasteiger partial charge in [0.2, 0.25) is 5.91 Å². The average Bonchev–Trinajstić information content (AvgIpc) is 2.15. The van der Waals surface area contributed by atoms with Crippen LogP contribution in [0.15, 0.2) is 0 Å². The lowest BCUT2D eigenvalue weighted by atomic mass is 10.1. The number of nitrogens with one attached hydrogen (secondary N) is 1. The molecule has 1 amide bonds. The molecule has 3 N–H and O–H groups in total. The van der Waals surface area contributed by atoms with Gasteiger partial charge in [0.05, 0.1) is 0 Å². The van der Waals surface area contributed by atoms with Crippen molar-refractivity contribution in [1.82, 2.24) is 5.32 Å². The molecule has 0 aliphatic heterocycles. The summed E-state index contributed by atoms with van der Waals surface area (Å²) in [5.41, 5.74) is 0. The predicted molar refractivity (Wildman–Crippen MR) is 50.7 cm³/mol. The van der Waals surface area contributed by atoms with E-state index < -0.39 is 12.0 Å². The van der Waals surface area contributed by atoms with E-state index in [1.165, 1.54) is 0 Å². The van der Waals surface area contributed by atoms with Crippen molar-refractivity contribution in [3.8, 4) is 0 Å². The quantitative estimate of drug-likeness (QED) is 0.566. The molecule has 0 saturated carbocycles. The van der Waals surface area contributed by atoms with E-state index in [4.69, 9.17) is 10.2 Å². The average molecular weight is 203 g/mol. The Hall–Kier alpha value is -1.10. The summed E-state index contributed by atoms with van der Waals surface area (Å²) in [5.74, 6) is -1.60. The number of carboxylic acids is 1. The molecule has 0 aliphatic carbocycles. The topological polar surface area (TPSA) is 86.6 Å². The number of aliphatic carboxylic acids is 1. The lowest BCUT2D eigenvalue weighted by molar-refractivity contribution is -0.142. The van der Waals surface area contributed by atoms with Crippen LogP contribution in [0.5, 0.6) is 0 Å². The molecule has 0 radical (unpaired) electrons. The Morgan fingerprint density at radius 3 is 2.36 bits per heavy atom. The molecule has 14 heavy (non-hydrogen) atoms. The number of aliphatic hydroxyl groups excluding tert-OH is 1. The van der Waals surface area contributed by atoms with Gasteiger partial charge in [0.15, 0.2) is 0 Å². The van der Waals surface area contributed by atoms with Crippen LogP contribution in [-0.4, -0.2) is 34.7 Å². The van der Waals surface area contributed by atoms with E-state index >= 15 is 0 Å². The zero-order valence-corrected chi connectivity index (χ0v) is 8.49. The monoisotopic (exact) mass is 203 g/mol. The van der Waals surface area contributed by atoms with Gasteiger partial charge in [-0.05, 0) is 6.42 Å². The van der Waals surface area contributed by atoms with Crippen LogP contribution in [0.4, 0.5) is 0 Å². The SMILES string of the molecule is CCC(C)C(=O)N[C@H](CCO)C(=O)O. The molecule has 0 rings (SSSR count). The molecular weight excluding hydrogens is 186 g/mol. The summed E-state index contributed by atoms with van der Waals surface area (Å²) in [4.78, 5) is 21.9. The van der Waals surface area contributed by atoms with Crippen LogP contribution >= 0.6 is 0 Å². The van der Waals surface area contributed by atoms with Gasteiger partial charge >= 0.3 is 5.97 Å². The van der Waals surface area contributed by atoms with E-state index in [-0.39, 0.29) is 24.9 Å². The molecule has 1 unspecified atom stereocenters. The predicted octanol–water partition coefficient (Wildman–Crippen LogP) is -0.0157. The van der Waals surface area contributed by atoms with Crippen molar-refractivity contribution in [2.45, 2.75) is 32.7 Å². The first-order valence-corrected chi connectivity index (χ1v) is 4.67. The Kier molecular flexibility index (Phi) is 5.87. The fourth-order valence-corrected chi connectivity index (χ4v) is 0.886. The second kappa shape index (κ2) is 6.37. The molecule has 0 heterocycles. The van der Waals surface area contributed by atoms with E-state index in [2.05, 4.69) is 5.32 Å². The molecule has 0 fully saturated rings. The zero-order chi connectivity index (χ0) is 11.1. The van der Waals surface area contributed by atoms with E-state index in [0.717, 1.165) is 0 Å². The number of amides is 1. The first-order chi connectivity index (χ1) is 6.52. The molecule has 82 valence electrons. The minimum Gasteiger partial charge on any atom is -0.480 e. The molecule has 0 aromatic rings. The minimum absolute atomic E-state index is 0.0392. The van der Waals surface area contributed by atoms with Crippen molar-refractivity contribution < 1.29 is 19.8 Å². The maximum absolute atomic E-state index is 11.3. The van der Waals surface area contributed by atoms with Gasteiger partial charge in [0.1, 0.15) is 6.04 Å². The number of carboxylic acid groups (broad SMARTS) is 1. The van der Waals surface area contributed by atoms with Gasteiger partial charge < -0.3 is 15.5 Å². The summed E-state index contributed by atoms with van der Waals surface area (Å²) in [5, 5.41) is 19.6. The van der Waals surface area contributed by atoms with Crippen molar-refractivity contribution >= 4 is 11.9 Å². The van der Waals surface area contributed by atoms with Crippen molar-refractivity contribution in [1.29, 1.82) is 0 Å². The number of carbonyl (C=O) groups excluding carboxylic acids is 1. The highest BCUT2D eigenvalue weighted by Gasteiger charge is 2.21. The molecule has 0 spiro atoms. The van der Waals surface area contributed by atoms with Crippen LogP contribution in [0.25, 0.3) is 0 Å². The number of hydrogen-bond acceptors (Lipinski definition) is 3. The van der Waals surface area contributed by atoms with Gasteiger partial charge in [-0.3, -0.25) is 4.79 Å². The maximum atomic E-state index is 11.3. The number of rotatable bonds is 6. The van der Waals surface area contributed by atoms with Crippen LogP contribution < -0.4 is 5.32 Å². The maximum Gasteiger partial charge on any atom is 0.326 e. The number of aliphatic hydroxyl groups is 1. The van der Waals surface area contributed by atoms with Crippen LogP contribution in [0, 0.1) is 5.92 Å². The molecule has 0 aromatic heterocycles. The summed E-state index contributed by atoms with van der Waals surface area (Å²) in [6.07, 6.45) is 0.703. The highest BCUT2D eigenvalue weighted by molar-refractivity contribution is 5.84. The van der Waals surface area contributed by atoms with Crippen molar-refractivity contribution in [3.63, 3.8) is 0 Å². The van der Waals surface area contributed by atoms with Gasteiger partial charge in [-0.15, -0.1) is 0 Å². The van der Waals surface area contributed by atoms with Gasteiger partial charge in [-0.1, -0.05) is 13.8 Å². The Balaban J connectivity index is 4.15. The lowest BCUT2D eigenvalue weighted by Gasteiger charge is -2.15. The molecule has 5 heteroatoms. The van der Waals surface area contributed by atoms with Crippen molar-refractivity contribution in [3.05, 3.63) is 0 Å². The van der Waals surface area contributed by atoms with E-state index in [1.54, 1.807) is 6.92 Å². The van der Waals surface area contributed by atoms with Gasteiger partial charge in [-0.25, -0.2) is 4.79 Å². The lowest BCUT2D eigenvalue weighted by Crippen LogP contribution is -2.43. The summed E-state index contributed by atoms with van der Waals surface area (Å²) >= 11 is 0. The van der Waals surface area contributed by atoms with Crippen LogP contribution in [-0.2, 0) is 9.59 Å². The fraction of sp³-hybridized carbons (Fsp3) is 0.778. The number of carbonyl (C=O) groups is 2. The highest BCUT2D eigenvalue weighted by atomic mass is 16.4. The molecule has 0 aliphatic rings. The van der Waals surface area contributed by atoms with Crippen molar-refractivity contribution in [2.24, 2.45) is 5.92 Å². The largest absolute Gasteiger partial charge is 0.480 e. The first kappa shape index (κ1) is 12.9. The third kappa shape index (κ3) is 4.23. The highest BCUT2D eigenvalue weighted by Crippen LogP contribution is 2.02. The van der Waals surface area contributed by atoms with Crippen LogP contribution in [0.1, 0.15) is 26.7 Å². The van der Waals surface area contributed by atoms with Gasteiger partial charge in [0, 0.05) is 18.9 Å². The third-order valence-corrected chi connectivity index (χ3v) is 2.09. The molecule has 0 saturated heterocycles. The van der Waals surface area contributed by atoms with E-state index in [9.17, 15) is 9.59 Å². The Morgan fingerprint density at radius 1 is 1.43 bits per heavy atom. The van der Waals surface area contributed by atoms with Crippen LogP contribution in [0.3, 0.4) is 0 Å². The Labute approximate surface area is 83.1 Å². The first-order valence-electron chi connectivity index (χ1n) is 4.67. The smallest absolute Gasteiger partial charge is 0.326 e. The Bertz CT molecular complexity index is 205. The summed E-state index contributed by atoms with van der Waals surface area (Å²) < 4.78 is 0. The summed E-state index contributed by atoms with van der Waals surface area (Å²) in [6.45, 7) is 3.33.